The van der Waals surface area contributed by atoms with Gasteiger partial charge in [-0.2, -0.15) is 0 Å². The lowest BCUT2D eigenvalue weighted by Gasteiger charge is -2.26. The Morgan fingerprint density at radius 2 is 1.77 bits per heavy atom. The van der Waals surface area contributed by atoms with E-state index in [0.29, 0.717) is 19.4 Å². The van der Waals surface area contributed by atoms with E-state index < -0.39 is 5.60 Å². The summed E-state index contributed by atoms with van der Waals surface area (Å²) in [4.78, 5) is 11.7. The minimum atomic E-state index is -0.778. The van der Waals surface area contributed by atoms with Crippen molar-refractivity contribution < 1.29 is 9.90 Å². The van der Waals surface area contributed by atoms with Gasteiger partial charge in [0.05, 0.1) is 5.60 Å². The number of carbonyl (C=O) groups is 1. The topological polar surface area (TPSA) is 49.3 Å². The van der Waals surface area contributed by atoms with Gasteiger partial charge in [-0.1, -0.05) is 62.8 Å². The second kappa shape index (κ2) is 13.1. The van der Waals surface area contributed by atoms with Crippen LogP contribution in [-0.2, 0) is 4.79 Å². The number of nitrogens with one attached hydrogen (secondary N) is 1. The summed E-state index contributed by atoms with van der Waals surface area (Å²) >= 11 is 0. The van der Waals surface area contributed by atoms with E-state index in [2.05, 4.69) is 11.4 Å². The zero-order valence-corrected chi connectivity index (χ0v) is 14.2. The Morgan fingerprint density at radius 1 is 1.09 bits per heavy atom. The summed E-state index contributed by atoms with van der Waals surface area (Å²) < 4.78 is 0. The highest BCUT2D eigenvalue weighted by atomic mass is 16.3. The zero-order chi connectivity index (χ0) is 16.7. The van der Waals surface area contributed by atoms with E-state index in [1.54, 1.807) is 6.08 Å². The summed E-state index contributed by atoms with van der Waals surface area (Å²) in [6, 6.07) is 0. The second-order valence-electron chi connectivity index (χ2n) is 5.36. The van der Waals surface area contributed by atoms with E-state index in [4.69, 9.17) is 0 Å². The van der Waals surface area contributed by atoms with Gasteiger partial charge in [-0.3, -0.25) is 4.79 Å². The van der Waals surface area contributed by atoms with Crippen molar-refractivity contribution in [3.05, 3.63) is 48.6 Å². The van der Waals surface area contributed by atoms with Crippen LogP contribution in [0, 0.1) is 0 Å². The number of hydrogen-bond donors (Lipinski definition) is 2. The van der Waals surface area contributed by atoms with Crippen molar-refractivity contribution in [3.63, 3.8) is 0 Å². The van der Waals surface area contributed by atoms with Crippen LogP contribution in [0.2, 0.25) is 0 Å². The lowest BCUT2D eigenvalue weighted by molar-refractivity contribution is -0.117. The molecule has 0 aromatic heterocycles. The molecule has 124 valence electrons. The second-order valence-corrected chi connectivity index (χ2v) is 5.36. The number of carbonyl (C=O) groups excluding carboxylic acids is 1. The number of aliphatic hydroxyl groups is 1. The van der Waals surface area contributed by atoms with Gasteiger partial charge in [0.2, 0.25) is 5.91 Å². The van der Waals surface area contributed by atoms with Gasteiger partial charge in [-0.05, 0) is 38.7 Å². The van der Waals surface area contributed by atoms with Crippen molar-refractivity contribution in [2.24, 2.45) is 0 Å². The Balaban J connectivity index is 3.92. The molecule has 1 atom stereocenters. The quantitative estimate of drug-likeness (QED) is 0.343. The molecule has 3 nitrogen and oxygen atoms in total. The first kappa shape index (κ1) is 20.4. The molecule has 0 bridgehead atoms. The monoisotopic (exact) mass is 305 g/mol. The van der Waals surface area contributed by atoms with Crippen LogP contribution < -0.4 is 5.32 Å². The fraction of sp³-hybridized carbons (Fsp3) is 0.526. The smallest absolute Gasteiger partial charge is 0.243 e. The van der Waals surface area contributed by atoms with Crippen molar-refractivity contribution >= 4 is 5.91 Å². The molecule has 2 N–H and O–H groups in total. The van der Waals surface area contributed by atoms with E-state index in [0.717, 1.165) is 19.3 Å². The molecule has 0 rings (SSSR count). The molecule has 0 spiro atoms. The SMILES string of the molecule is CC=CC=CC=CCCC=CC(=O)NCC(O)(CC)CCC. The summed E-state index contributed by atoms with van der Waals surface area (Å²) in [5.74, 6) is -0.139. The molecule has 0 saturated carbocycles. The third-order valence-electron chi connectivity index (χ3n) is 3.40. The van der Waals surface area contributed by atoms with E-state index in [9.17, 15) is 9.90 Å². The first-order valence-electron chi connectivity index (χ1n) is 8.19. The molecule has 0 saturated heterocycles. The highest BCUT2D eigenvalue weighted by Gasteiger charge is 2.23. The van der Waals surface area contributed by atoms with Crippen LogP contribution in [-0.4, -0.2) is 23.2 Å². The molecule has 0 radical (unpaired) electrons. The third kappa shape index (κ3) is 11.1. The molecule has 0 fully saturated rings. The van der Waals surface area contributed by atoms with Gasteiger partial charge >= 0.3 is 0 Å². The molecule has 1 unspecified atom stereocenters. The lowest BCUT2D eigenvalue weighted by atomic mass is 9.95. The Bertz CT molecular complexity index is 408. The Morgan fingerprint density at radius 3 is 2.41 bits per heavy atom. The summed E-state index contributed by atoms with van der Waals surface area (Å²) in [6.45, 7) is 6.27. The van der Waals surface area contributed by atoms with Gasteiger partial charge in [0.1, 0.15) is 0 Å². The number of amides is 1. The fourth-order valence-corrected chi connectivity index (χ4v) is 1.96. The summed E-state index contributed by atoms with van der Waals surface area (Å²) in [7, 11) is 0. The first-order chi connectivity index (χ1) is 10.6. The van der Waals surface area contributed by atoms with E-state index in [-0.39, 0.29) is 5.91 Å². The van der Waals surface area contributed by atoms with Crippen molar-refractivity contribution in [2.45, 2.75) is 58.5 Å². The highest BCUT2D eigenvalue weighted by Crippen LogP contribution is 2.15. The normalized spacial score (nSPS) is 15.3. The van der Waals surface area contributed by atoms with Crippen LogP contribution in [0.15, 0.2) is 48.6 Å². The molecule has 0 aliphatic carbocycles. The Labute approximate surface area is 135 Å². The maximum Gasteiger partial charge on any atom is 0.243 e. The molecular formula is C19H31NO2. The van der Waals surface area contributed by atoms with Gasteiger partial charge in [0.15, 0.2) is 0 Å². The van der Waals surface area contributed by atoms with Crippen LogP contribution in [0.4, 0.5) is 0 Å². The number of unbranched alkanes of at least 4 members (excludes halogenated alkanes) is 1. The van der Waals surface area contributed by atoms with Crippen molar-refractivity contribution in [2.75, 3.05) is 6.54 Å². The van der Waals surface area contributed by atoms with E-state index in [1.807, 2.05) is 57.2 Å². The summed E-state index contributed by atoms with van der Waals surface area (Å²) in [5.41, 5.74) is -0.778. The molecule has 0 aliphatic rings. The van der Waals surface area contributed by atoms with Gasteiger partial charge < -0.3 is 10.4 Å². The van der Waals surface area contributed by atoms with Gasteiger partial charge in [0.25, 0.3) is 0 Å². The van der Waals surface area contributed by atoms with Crippen LogP contribution >= 0.6 is 0 Å². The predicted molar refractivity (Wildman–Crippen MR) is 94.6 cm³/mol. The predicted octanol–water partition coefficient (Wildman–Crippen LogP) is 4.07. The summed E-state index contributed by atoms with van der Waals surface area (Å²) in [5, 5.41) is 13.0. The fourth-order valence-electron chi connectivity index (χ4n) is 1.96. The number of rotatable bonds is 11. The average molecular weight is 305 g/mol. The maximum atomic E-state index is 11.7. The zero-order valence-electron chi connectivity index (χ0n) is 14.2. The van der Waals surface area contributed by atoms with Gasteiger partial charge in [0, 0.05) is 6.54 Å². The maximum absolute atomic E-state index is 11.7. The molecular weight excluding hydrogens is 274 g/mol. The van der Waals surface area contributed by atoms with Gasteiger partial charge in [-0.15, -0.1) is 0 Å². The van der Waals surface area contributed by atoms with Crippen molar-refractivity contribution in [1.82, 2.24) is 5.32 Å². The highest BCUT2D eigenvalue weighted by molar-refractivity contribution is 5.87. The minimum absolute atomic E-state index is 0.139. The molecule has 1 amide bonds. The molecule has 3 heteroatoms. The molecule has 22 heavy (non-hydrogen) atoms. The first-order valence-corrected chi connectivity index (χ1v) is 8.19. The van der Waals surface area contributed by atoms with Crippen LogP contribution in [0.5, 0.6) is 0 Å². The van der Waals surface area contributed by atoms with E-state index >= 15 is 0 Å². The summed E-state index contributed by atoms with van der Waals surface area (Å²) in [6.07, 6.45) is 19.4. The molecule has 0 aromatic carbocycles. The molecule has 0 aliphatic heterocycles. The minimum Gasteiger partial charge on any atom is -0.388 e. The van der Waals surface area contributed by atoms with Gasteiger partial charge in [-0.25, -0.2) is 0 Å². The Hall–Kier alpha value is -1.61. The third-order valence-corrected chi connectivity index (χ3v) is 3.40. The lowest BCUT2D eigenvalue weighted by Crippen LogP contribution is -2.41. The largest absolute Gasteiger partial charge is 0.388 e. The molecule has 0 aromatic rings. The van der Waals surface area contributed by atoms with Crippen LogP contribution in [0.25, 0.3) is 0 Å². The van der Waals surface area contributed by atoms with Crippen molar-refractivity contribution in [3.8, 4) is 0 Å². The molecule has 0 heterocycles. The number of hydrogen-bond acceptors (Lipinski definition) is 2. The standard InChI is InChI=1S/C19H31NO2/c1-4-7-8-9-10-11-12-13-14-15-18(21)20-17-19(22,6-3)16-5-2/h4,7-11,14-15,22H,5-6,12-13,16-17H2,1-3H3,(H,20,21). The average Bonchev–Trinajstić information content (AvgIpc) is 2.51. The van der Waals surface area contributed by atoms with Crippen LogP contribution in [0.3, 0.4) is 0 Å². The van der Waals surface area contributed by atoms with Crippen LogP contribution in [0.1, 0.15) is 52.9 Å². The Kier molecular flexibility index (Phi) is 12.1. The number of allylic oxidation sites excluding steroid dienone is 7. The van der Waals surface area contributed by atoms with Crippen molar-refractivity contribution in [1.29, 1.82) is 0 Å². The van der Waals surface area contributed by atoms with E-state index in [1.165, 1.54) is 0 Å².